The normalized spacial score (nSPS) is 21.7. The molecule has 1 fully saturated rings. The Morgan fingerprint density at radius 1 is 1.50 bits per heavy atom. The molecule has 92 valence electrons. The maximum Gasteiger partial charge on any atom is 0.410 e. The summed E-state index contributed by atoms with van der Waals surface area (Å²) in [6, 6.07) is 0.279. The number of nitrogens with zero attached hydrogens (tertiary/aromatic N) is 1. The molecule has 1 aliphatic rings. The number of hydrogen-bond acceptors (Lipinski definition) is 2. The molecule has 0 radical (unpaired) electrons. The van der Waals surface area contributed by atoms with Crippen LogP contribution in [0, 0.1) is 0 Å². The second-order valence-corrected chi connectivity index (χ2v) is 5.35. The number of carbonyl (C=O) groups is 1. The molecule has 0 aliphatic carbocycles. The number of amides is 1. The van der Waals surface area contributed by atoms with Gasteiger partial charge >= 0.3 is 6.09 Å². The molecule has 0 aromatic heterocycles. The summed E-state index contributed by atoms with van der Waals surface area (Å²) in [6.07, 6.45) is 5.89. The quantitative estimate of drug-likeness (QED) is 0.674. The lowest BCUT2D eigenvalue weighted by Crippen LogP contribution is -2.45. The Bertz CT molecular complexity index is 255. The third-order valence-corrected chi connectivity index (χ3v) is 2.69. The summed E-state index contributed by atoms with van der Waals surface area (Å²) < 4.78 is 5.41. The van der Waals surface area contributed by atoms with E-state index in [4.69, 9.17) is 4.74 Å². The molecule has 1 heterocycles. The molecule has 0 N–H and O–H groups in total. The van der Waals surface area contributed by atoms with Gasteiger partial charge in [0.05, 0.1) is 0 Å². The van der Waals surface area contributed by atoms with Crippen molar-refractivity contribution in [2.24, 2.45) is 0 Å². The van der Waals surface area contributed by atoms with Crippen molar-refractivity contribution in [3.8, 4) is 0 Å². The van der Waals surface area contributed by atoms with Gasteiger partial charge in [-0.15, -0.1) is 6.58 Å². The Hall–Kier alpha value is -0.990. The van der Waals surface area contributed by atoms with E-state index in [1.165, 1.54) is 6.42 Å². The summed E-state index contributed by atoms with van der Waals surface area (Å²) >= 11 is 0. The Balaban J connectivity index is 2.60. The maximum atomic E-state index is 12.0. The maximum absolute atomic E-state index is 12.0. The molecular formula is C13H23NO2. The summed E-state index contributed by atoms with van der Waals surface area (Å²) in [5, 5.41) is 0. The average Bonchev–Trinajstić information content (AvgIpc) is 2.16. The third kappa shape index (κ3) is 3.87. The van der Waals surface area contributed by atoms with E-state index in [0.29, 0.717) is 0 Å². The van der Waals surface area contributed by atoms with Crippen LogP contribution in [0.1, 0.15) is 46.5 Å². The highest BCUT2D eigenvalue weighted by Gasteiger charge is 2.29. The first kappa shape index (κ1) is 13.1. The monoisotopic (exact) mass is 225 g/mol. The summed E-state index contributed by atoms with van der Waals surface area (Å²) in [6.45, 7) is 10.3. The predicted molar refractivity (Wildman–Crippen MR) is 65.4 cm³/mol. The van der Waals surface area contributed by atoms with Crippen molar-refractivity contribution in [3.05, 3.63) is 12.7 Å². The molecule has 3 nitrogen and oxygen atoms in total. The van der Waals surface area contributed by atoms with Crippen LogP contribution in [0.15, 0.2) is 12.7 Å². The third-order valence-electron chi connectivity index (χ3n) is 2.69. The van der Waals surface area contributed by atoms with Gasteiger partial charge in [-0.3, -0.25) is 0 Å². The van der Waals surface area contributed by atoms with E-state index in [-0.39, 0.29) is 12.1 Å². The van der Waals surface area contributed by atoms with E-state index >= 15 is 0 Å². The fourth-order valence-electron chi connectivity index (χ4n) is 2.00. The second kappa shape index (κ2) is 5.37. The largest absolute Gasteiger partial charge is 0.444 e. The van der Waals surface area contributed by atoms with Crippen molar-refractivity contribution >= 4 is 6.09 Å². The van der Waals surface area contributed by atoms with Crippen LogP contribution in [-0.4, -0.2) is 29.2 Å². The minimum atomic E-state index is -0.409. The molecular weight excluding hydrogens is 202 g/mol. The van der Waals surface area contributed by atoms with Gasteiger partial charge in [-0.2, -0.15) is 0 Å². The van der Waals surface area contributed by atoms with Gasteiger partial charge in [0.25, 0.3) is 0 Å². The summed E-state index contributed by atoms with van der Waals surface area (Å²) in [4.78, 5) is 13.8. The van der Waals surface area contributed by atoms with Crippen LogP contribution in [0.3, 0.4) is 0 Å². The second-order valence-electron chi connectivity index (χ2n) is 5.35. The smallest absolute Gasteiger partial charge is 0.410 e. The number of carbonyl (C=O) groups excluding carboxylic acids is 1. The molecule has 0 aromatic carbocycles. The van der Waals surface area contributed by atoms with Gasteiger partial charge in [0, 0.05) is 12.6 Å². The summed E-state index contributed by atoms with van der Waals surface area (Å²) in [5.41, 5.74) is -0.409. The molecule has 1 saturated heterocycles. The number of hydrogen-bond donors (Lipinski definition) is 0. The highest BCUT2D eigenvalue weighted by Crippen LogP contribution is 2.22. The van der Waals surface area contributed by atoms with Gasteiger partial charge in [-0.05, 0) is 46.5 Å². The molecule has 0 bridgehead atoms. The molecule has 1 aliphatic heterocycles. The highest BCUT2D eigenvalue weighted by atomic mass is 16.6. The van der Waals surface area contributed by atoms with E-state index in [9.17, 15) is 4.79 Å². The fraction of sp³-hybridized carbons (Fsp3) is 0.769. The zero-order chi connectivity index (χ0) is 12.2. The lowest BCUT2D eigenvalue weighted by atomic mass is 10.00. The zero-order valence-electron chi connectivity index (χ0n) is 10.7. The molecule has 0 saturated carbocycles. The topological polar surface area (TPSA) is 29.5 Å². The number of likely N-dealkylation sites (tertiary alicyclic amines) is 1. The van der Waals surface area contributed by atoms with Gasteiger partial charge in [0.15, 0.2) is 0 Å². The molecule has 0 aromatic rings. The molecule has 1 rings (SSSR count). The van der Waals surface area contributed by atoms with Crippen LogP contribution in [0.4, 0.5) is 4.79 Å². The Morgan fingerprint density at radius 3 is 2.75 bits per heavy atom. The minimum Gasteiger partial charge on any atom is -0.444 e. The van der Waals surface area contributed by atoms with E-state index in [1.807, 2.05) is 31.7 Å². The molecule has 3 heteroatoms. The predicted octanol–water partition coefficient (Wildman–Crippen LogP) is 3.35. The van der Waals surface area contributed by atoms with E-state index in [2.05, 4.69) is 6.58 Å². The lowest BCUT2D eigenvalue weighted by Gasteiger charge is -2.36. The van der Waals surface area contributed by atoms with Crippen molar-refractivity contribution in [2.75, 3.05) is 6.54 Å². The first-order chi connectivity index (χ1) is 7.44. The van der Waals surface area contributed by atoms with Crippen molar-refractivity contribution in [1.29, 1.82) is 0 Å². The average molecular weight is 225 g/mol. The first-order valence-corrected chi connectivity index (χ1v) is 6.04. The Morgan fingerprint density at radius 2 is 2.19 bits per heavy atom. The van der Waals surface area contributed by atoms with Gasteiger partial charge < -0.3 is 9.64 Å². The Kier molecular flexibility index (Phi) is 4.39. The molecule has 0 spiro atoms. The zero-order valence-corrected chi connectivity index (χ0v) is 10.7. The highest BCUT2D eigenvalue weighted by molar-refractivity contribution is 5.68. The van der Waals surface area contributed by atoms with Gasteiger partial charge in [-0.25, -0.2) is 4.79 Å². The van der Waals surface area contributed by atoms with Crippen molar-refractivity contribution in [3.63, 3.8) is 0 Å². The van der Waals surface area contributed by atoms with Crippen molar-refractivity contribution < 1.29 is 9.53 Å². The molecule has 1 atom stereocenters. The van der Waals surface area contributed by atoms with E-state index < -0.39 is 5.60 Å². The van der Waals surface area contributed by atoms with Gasteiger partial charge in [0.1, 0.15) is 5.60 Å². The SMILES string of the molecule is C=CC[C@H]1CCCCN1C(=O)OC(C)(C)C. The van der Waals surface area contributed by atoms with Crippen LogP contribution in [0.25, 0.3) is 0 Å². The van der Waals surface area contributed by atoms with E-state index in [1.54, 1.807) is 0 Å². The van der Waals surface area contributed by atoms with Crippen LogP contribution in [-0.2, 0) is 4.74 Å². The van der Waals surface area contributed by atoms with Gasteiger partial charge in [-0.1, -0.05) is 6.08 Å². The summed E-state index contributed by atoms with van der Waals surface area (Å²) in [7, 11) is 0. The van der Waals surface area contributed by atoms with Gasteiger partial charge in [0.2, 0.25) is 0 Å². The number of rotatable bonds is 2. The van der Waals surface area contributed by atoms with E-state index in [0.717, 1.165) is 25.8 Å². The van der Waals surface area contributed by atoms with Crippen LogP contribution in [0.5, 0.6) is 0 Å². The minimum absolute atomic E-state index is 0.181. The van der Waals surface area contributed by atoms with Crippen LogP contribution < -0.4 is 0 Å². The number of piperidine rings is 1. The molecule has 0 unspecified atom stereocenters. The number of ether oxygens (including phenoxy) is 1. The van der Waals surface area contributed by atoms with Crippen LogP contribution in [0.2, 0.25) is 0 Å². The molecule has 1 amide bonds. The first-order valence-electron chi connectivity index (χ1n) is 6.04. The lowest BCUT2D eigenvalue weighted by molar-refractivity contribution is 0.0103. The molecule has 16 heavy (non-hydrogen) atoms. The summed E-state index contributed by atoms with van der Waals surface area (Å²) in [5.74, 6) is 0. The van der Waals surface area contributed by atoms with Crippen molar-refractivity contribution in [2.45, 2.75) is 58.1 Å². The Labute approximate surface area is 98.5 Å². The van der Waals surface area contributed by atoms with Crippen LogP contribution >= 0.6 is 0 Å². The standard InChI is InChI=1S/C13H23NO2/c1-5-8-11-9-6-7-10-14(11)12(15)16-13(2,3)4/h5,11H,1,6-10H2,2-4H3/t11-/m0/s1. The fourth-order valence-corrected chi connectivity index (χ4v) is 2.00. The van der Waals surface area contributed by atoms with Crippen molar-refractivity contribution in [1.82, 2.24) is 4.90 Å².